The maximum Gasteiger partial charge on any atom is 0.250 e. The molecule has 1 amide bonds. The fourth-order valence-corrected chi connectivity index (χ4v) is 3.55. The first kappa shape index (κ1) is 22.4. The Bertz CT molecular complexity index is 1320. The Balaban J connectivity index is 1.33. The van der Waals surface area contributed by atoms with Gasteiger partial charge in [0.2, 0.25) is 11.8 Å². The second kappa shape index (κ2) is 9.79. The number of nitrogens with one attached hydrogen (secondary N) is 2. The van der Waals surface area contributed by atoms with E-state index in [9.17, 15) is 4.79 Å². The lowest BCUT2D eigenvalue weighted by Crippen LogP contribution is -2.32. The number of rotatable bonds is 5. The Kier molecular flexibility index (Phi) is 6.66. The normalized spacial score (nSPS) is 11.3. The highest BCUT2D eigenvalue weighted by atomic mass is 32.1. The van der Waals surface area contributed by atoms with Crippen LogP contribution >= 0.6 is 12.2 Å². The Labute approximate surface area is 198 Å². The van der Waals surface area contributed by atoms with Gasteiger partial charge < -0.3 is 9.73 Å². The molecule has 2 N–H and O–H groups in total. The molecular weight excluding hydrogens is 430 g/mol. The van der Waals surface area contributed by atoms with Crippen LogP contribution in [0.1, 0.15) is 36.5 Å². The first-order valence-electron chi connectivity index (χ1n) is 10.7. The molecule has 0 saturated carbocycles. The summed E-state index contributed by atoms with van der Waals surface area (Å²) in [6.07, 6.45) is 3.23. The Morgan fingerprint density at radius 1 is 1.03 bits per heavy atom. The third-order valence-corrected chi connectivity index (χ3v) is 5.40. The van der Waals surface area contributed by atoms with E-state index < -0.39 is 0 Å². The summed E-state index contributed by atoms with van der Waals surface area (Å²) in [6, 6.07) is 21.6. The molecule has 4 rings (SSSR count). The van der Waals surface area contributed by atoms with Crippen LogP contribution in [0.5, 0.6) is 0 Å². The average molecular weight is 456 g/mol. The quantitative estimate of drug-likeness (QED) is 0.267. The van der Waals surface area contributed by atoms with E-state index in [4.69, 9.17) is 16.6 Å². The number of amides is 1. The number of aryl methyl sites for hydroxylation is 1. The van der Waals surface area contributed by atoms with Crippen LogP contribution in [0.2, 0.25) is 0 Å². The molecule has 0 aliphatic heterocycles. The Hall–Kier alpha value is -3.77. The summed E-state index contributed by atoms with van der Waals surface area (Å²) in [7, 11) is 0. The molecule has 1 aromatic heterocycles. The average Bonchev–Trinajstić information content (AvgIpc) is 3.21. The standard InChI is InChI=1S/C27H25N3O2S/c1-17(2)20-8-5-19(6-9-20)7-15-25(31)30-27(33)28-22-12-10-21(11-13-22)26-29-23-14-4-18(3)16-24(23)32-26/h4-17H,1-3H3,(H2,28,30,31,33)/b15-7+. The van der Waals surface area contributed by atoms with Crippen molar-refractivity contribution in [3.63, 3.8) is 0 Å². The van der Waals surface area contributed by atoms with E-state index in [1.165, 1.54) is 11.6 Å². The highest BCUT2D eigenvalue weighted by molar-refractivity contribution is 7.80. The van der Waals surface area contributed by atoms with E-state index >= 15 is 0 Å². The molecule has 0 aliphatic rings. The smallest absolute Gasteiger partial charge is 0.250 e. The van der Waals surface area contributed by atoms with Gasteiger partial charge in [0, 0.05) is 17.3 Å². The SMILES string of the molecule is Cc1ccc2nc(-c3ccc(NC(=S)NC(=O)/C=C/c4ccc(C(C)C)cc4)cc3)oc2c1. The molecule has 0 saturated heterocycles. The number of carbonyl (C=O) groups is 1. The Morgan fingerprint density at radius 2 is 1.76 bits per heavy atom. The maximum atomic E-state index is 12.2. The molecule has 0 aliphatic carbocycles. The number of aromatic nitrogens is 1. The summed E-state index contributed by atoms with van der Waals surface area (Å²) < 4.78 is 5.87. The van der Waals surface area contributed by atoms with Crippen molar-refractivity contribution in [1.29, 1.82) is 0 Å². The molecule has 0 atom stereocenters. The molecule has 6 heteroatoms. The molecule has 3 aromatic carbocycles. The molecule has 0 radical (unpaired) electrons. The minimum Gasteiger partial charge on any atom is -0.436 e. The van der Waals surface area contributed by atoms with E-state index in [1.807, 2.05) is 61.5 Å². The van der Waals surface area contributed by atoms with Crippen LogP contribution < -0.4 is 10.6 Å². The van der Waals surface area contributed by atoms with Crippen molar-refractivity contribution in [1.82, 2.24) is 10.3 Å². The van der Waals surface area contributed by atoms with Crippen LogP contribution in [-0.2, 0) is 4.79 Å². The van der Waals surface area contributed by atoms with E-state index in [1.54, 1.807) is 6.08 Å². The zero-order chi connectivity index (χ0) is 23.4. The lowest BCUT2D eigenvalue weighted by atomic mass is 10.0. The van der Waals surface area contributed by atoms with Gasteiger partial charge in [0.1, 0.15) is 5.52 Å². The monoisotopic (exact) mass is 455 g/mol. The summed E-state index contributed by atoms with van der Waals surface area (Å²) in [5.74, 6) is 0.742. The van der Waals surface area contributed by atoms with Crippen molar-refractivity contribution in [2.45, 2.75) is 26.7 Å². The summed E-state index contributed by atoms with van der Waals surface area (Å²) in [5.41, 5.74) is 6.54. The number of carbonyl (C=O) groups excluding carboxylic acids is 1. The number of nitrogens with zero attached hydrogens (tertiary/aromatic N) is 1. The van der Waals surface area contributed by atoms with Gasteiger partial charge in [0.05, 0.1) is 0 Å². The summed E-state index contributed by atoms with van der Waals surface area (Å²) >= 11 is 5.26. The Morgan fingerprint density at radius 3 is 2.45 bits per heavy atom. The minimum atomic E-state index is -0.293. The van der Waals surface area contributed by atoms with Crippen molar-refractivity contribution in [2.24, 2.45) is 0 Å². The van der Waals surface area contributed by atoms with Crippen molar-refractivity contribution in [2.75, 3.05) is 5.32 Å². The molecule has 166 valence electrons. The van der Waals surface area contributed by atoms with Gasteiger partial charge >= 0.3 is 0 Å². The van der Waals surface area contributed by atoms with Gasteiger partial charge in [-0.1, -0.05) is 44.2 Å². The van der Waals surface area contributed by atoms with Crippen molar-refractivity contribution < 1.29 is 9.21 Å². The third kappa shape index (κ3) is 5.73. The molecule has 0 unspecified atom stereocenters. The number of fused-ring (bicyclic) bond motifs is 1. The second-order valence-electron chi connectivity index (χ2n) is 8.17. The largest absolute Gasteiger partial charge is 0.436 e. The zero-order valence-electron chi connectivity index (χ0n) is 18.8. The minimum absolute atomic E-state index is 0.227. The lowest BCUT2D eigenvalue weighted by molar-refractivity contribution is -0.115. The molecule has 4 aromatic rings. The number of hydrogen-bond acceptors (Lipinski definition) is 4. The van der Waals surface area contributed by atoms with Crippen LogP contribution in [0.25, 0.3) is 28.6 Å². The van der Waals surface area contributed by atoms with Crippen LogP contribution in [-0.4, -0.2) is 16.0 Å². The highest BCUT2D eigenvalue weighted by Crippen LogP contribution is 2.26. The van der Waals surface area contributed by atoms with Gasteiger partial charge in [-0.05, 0) is 84.2 Å². The molecule has 0 spiro atoms. The van der Waals surface area contributed by atoms with Crippen LogP contribution in [0, 0.1) is 6.92 Å². The fraction of sp³-hybridized carbons (Fsp3) is 0.148. The number of anilines is 1. The van der Waals surface area contributed by atoms with Crippen molar-refractivity contribution in [3.8, 4) is 11.5 Å². The van der Waals surface area contributed by atoms with E-state index in [2.05, 4.69) is 41.6 Å². The number of benzene rings is 3. The summed E-state index contributed by atoms with van der Waals surface area (Å²) in [6.45, 7) is 6.32. The molecule has 1 heterocycles. The maximum absolute atomic E-state index is 12.2. The fourth-order valence-electron chi connectivity index (χ4n) is 3.33. The topological polar surface area (TPSA) is 67.2 Å². The highest BCUT2D eigenvalue weighted by Gasteiger charge is 2.09. The number of thiocarbonyl (C=S) groups is 1. The van der Waals surface area contributed by atoms with Crippen molar-refractivity contribution in [3.05, 3.63) is 89.5 Å². The molecule has 33 heavy (non-hydrogen) atoms. The van der Waals surface area contributed by atoms with Gasteiger partial charge in [0.25, 0.3) is 0 Å². The molecular formula is C27H25N3O2S. The zero-order valence-corrected chi connectivity index (χ0v) is 19.6. The first-order valence-corrected chi connectivity index (χ1v) is 11.2. The van der Waals surface area contributed by atoms with E-state index in [-0.39, 0.29) is 11.0 Å². The predicted molar refractivity (Wildman–Crippen MR) is 138 cm³/mol. The van der Waals surface area contributed by atoms with Crippen LogP contribution in [0.15, 0.2) is 77.2 Å². The van der Waals surface area contributed by atoms with E-state index in [0.717, 1.165) is 33.5 Å². The van der Waals surface area contributed by atoms with Crippen LogP contribution in [0.4, 0.5) is 5.69 Å². The summed E-state index contributed by atoms with van der Waals surface area (Å²) in [4.78, 5) is 16.7. The second-order valence-corrected chi connectivity index (χ2v) is 8.57. The molecule has 0 fully saturated rings. The molecule has 5 nitrogen and oxygen atoms in total. The van der Waals surface area contributed by atoms with E-state index in [0.29, 0.717) is 11.8 Å². The van der Waals surface area contributed by atoms with Crippen LogP contribution in [0.3, 0.4) is 0 Å². The third-order valence-electron chi connectivity index (χ3n) is 5.20. The number of oxazole rings is 1. The van der Waals surface area contributed by atoms with Gasteiger partial charge in [-0.2, -0.15) is 0 Å². The van der Waals surface area contributed by atoms with Gasteiger partial charge in [-0.3, -0.25) is 10.1 Å². The molecule has 0 bridgehead atoms. The first-order chi connectivity index (χ1) is 15.9. The summed E-state index contributed by atoms with van der Waals surface area (Å²) in [5, 5.41) is 5.91. The van der Waals surface area contributed by atoms with Gasteiger partial charge in [0.15, 0.2) is 10.7 Å². The van der Waals surface area contributed by atoms with Crippen molar-refractivity contribution >= 4 is 46.1 Å². The lowest BCUT2D eigenvalue weighted by Gasteiger charge is -2.08. The van der Waals surface area contributed by atoms with Gasteiger partial charge in [-0.25, -0.2) is 4.98 Å². The predicted octanol–water partition coefficient (Wildman–Crippen LogP) is 6.45. The number of hydrogen-bond donors (Lipinski definition) is 2. The van der Waals surface area contributed by atoms with Gasteiger partial charge in [-0.15, -0.1) is 0 Å².